The zero-order chi connectivity index (χ0) is 29.0. The minimum absolute atomic E-state index is 0.0497. The Kier molecular flexibility index (Phi) is 25.3. The van der Waals surface area contributed by atoms with Gasteiger partial charge in [0, 0.05) is 19.4 Å². The average molecular weight is 574 g/mol. The lowest BCUT2D eigenvalue weighted by Gasteiger charge is -2.19. The van der Waals surface area contributed by atoms with Gasteiger partial charge in [0.1, 0.15) is 6.61 Å². The normalized spacial score (nSPS) is 14.3. The molecule has 0 saturated carbocycles. The van der Waals surface area contributed by atoms with Gasteiger partial charge in [0.25, 0.3) is 0 Å². The molecule has 0 heterocycles. The van der Waals surface area contributed by atoms with Crippen LogP contribution in [0.15, 0.2) is 36.5 Å². The lowest BCUT2D eigenvalue weighted by molar-refractivity contribution is -0.161. The van der Waals surface area contributed by atoms with E-state index in [0.29, 0.717) is 12.8 Å². The van der Waals surface area contributed by atoms with Gasteiger partial charge in [0.2, 0.25) is 0 Å². The van der Waals surface area contributed by atoms with Crippen molar-refractivity contribution in [2.24, 2.45) is 5.73 Å². The van der Waals surface area contributed by atoms with E-state index in [2.05, 4.69) is 47.9 Å². The Balaban J connectivity index is 4.04. The first-order valence-electron chi connectivity index (χ1n) is 14.5. The van der Waals surface area contributed by atoms with Crippen LogP contribution in [0.4, 0.5) is 0 Å². The Morgan fingerprint density at radius 3 is 2.05 bits per heavy atom. The zero-order valence-corrected chi connectivity index (χ0v) is 25.0. The van der Waals surface area contributed by atoms with Gasteiger partial charge in [-0.15, -0.1) is 0 Å². The predicted octanol–water partition coefficient (Wildman–Crippen LogP) is 6.70. The Morgan fingerprint density at radius 2 is 1.41 bits per heavy atom. The van der Waals surface area contributed by atoms with Crippen molar-refractivity contribution < 1.29 is 37.6 Å². The lowest BCUT2D eigenvalue weighted by atomic mass is 10.1. The van der Waals surface area contributed by atoms with E-state index in [1.165, 1.54) is 19.3 Å². The summed E-state index contributed by atoms with van der Waals surface area (Å²) in [5, 5.41) is 0. The monoisotopic (exact) mass is 573 g/mol. The number of hydrogen-bond donors (Lipinski definition) is 2. The summed E-state index contributed by atoms with van der Waals surface area (Å²) in [6, 6.07) is 0. The number of unbranched alkanes of at least 4 members (excludes halogenated alkanes) is 7. The van der Waals surface area contributed by atoms with Crippen LogP contribution in [-0.2, 0) is 32.7 Å². The van der Waals surface area contributed by atoms with Gasteiger partial charge < -0.3 is 20.1 Å². The number of phosphoric acid groups is 1. The van der Waals surface area contributed by atoms with Crippen molar-refractivity contribution in [3.63, 3.8) is 0 Å². The predicted molar refractivity (Wildman–Crippen MR) is 155 cm³/mol. The summed E-state index contributed by atoms with van der Waals surface area (Å²) in [7, 11) is -4.34. The fraction of sp³-hybridized carbons (Fsp3) is 0.724. The van der Waals surface area contributed by atoms with Crippen LogP contribution in [0, 0.1) is 0 Å². The maximum absolute atomic E-state index is 12.3. The van der Waals surface area contributed by atoms with Gasteiger partial charge in [-0.3, -0.25) is 18.6 Å². The highest BCUT2D eigenvalue weighted by Gasteiger charge is 2.25. The summed E-state index contributed by atoms with van der Waals surface area (Å²) in [6.07, 6.45) is 24.9. The molecule has 2 atom stereocenters. The summed E-state index contributed by atoms with van der Waals surface area (Å²) in [5.74, 6) is -0.908. The summed E-state index contributed by atoms with van der Waals surface area (Å²) >= 11 is 0. The molecule has 0 rings (SSSR count). The maximum atomic E-state index is 12.3. The molecular formula is C29H52NO8P. The molecular weight excluding hydrogens is 521 g/mol. The summed E-state index contributed by atoms with van der Waals surface area (Å²) < 4.78 is 31.8. The van der Waals surface area contributed by atoms with E-state index in [1.807, 2.05) is 6.92 Å². The van der Waals surface area contributed by atoms with Crippen LogP contribution in [0.25, 0.3) is 0 Å². The van der Waals surface area contributed by atoms with Gasteiger partial charge in [0.15, 0.2) is 6.10 Å². The van der Waals surface area contributed by atoms with Gasteiger partial charge in [-0.25, -0.2) is 4.57 Å². The minimum Gasteiger partial charge on any atom is -0.462 e. The van der Waals surface area contributed by atoms with Gasteiger partial charge >= 0.3 is 19.8 Å². The number of ether oxygens (including phenoxy) is 2. The van der Waals surface area contributed by atoms with E-state index >= 15 is 0 Å². The minimum atomic E-state index is -4.34. The van der Waals surface area contributed by atoms with Crippen LogP contribution in [0.5, 0.6) is 0 Å². The SMILES string of the molecule is CC/C=C\C/C=C\C/C=C\CCCCCCCCCC(=O)OC(COC(=O)CCC)COP(=O)(O)OCCN. The van der Waals surface area contributed by atoms with Crippen LogP contribution < -0.4 is 5.73 Å². The molecule has 0 bridgehead atoms. The molecule has 0 aliphatic heterocycles. The number of nitrogens with two attached hydrogens (primary N) is 1. The molecule has 0 aliphatic carbocycles. The number of rotatable bonds is 26. The molecule has 226 valence electrons. The quantitative estimate of drug-likeness (QED) is 0.0501. The summed E-state index contributed by atoms with van der Waals surface area (Å²) in [4.78, 5) is 33.6. The molecule has 3 N–H and O–H groups in total. The van der Waals surface area contributed by atoms with Crippen molar-refractivity contribution in [2.45, 2.75) is 110 Å². The van der Waals surface area contributed by atoms with E-state index in [4.69, 9.17) is 19.7 Å². The number of allylic oxidation sites excluding steroid dienone is 6. The zero-order valence-electron chi connectivity index (χ0n) is 24.1. The standard InChI is InChI=1S/C29H52NO8P/c1-3-5-6-7-8-9-10-11-12-13-14-15-16-17-18-19-20-22-29(32)38-27(25-35-28(31)21-4-2)26-37-39(33,34)36-24-23-30/h5-6,8-9,11-12,27H,3-4,7,10,13-26,30H2,1-2H3,(H,33,34)/b6-5-,9-8-,12-11-. The van der Waals surface area contributed by atoms with Crippen LogP contribution >= 0.6 is 7.82 Å². The van der Waals surface area contributed by atoms with E-state index < -0.39 is 32.5 Å². The summed E-state index contributed by atoms with van der Waals surface area (Å²) in [5.41, 5.74) is 5.26. The molecule has 0 aromatic rings. The van der Waals surface area contributed by atoms with Crippen molar-refractivity contribution in [3.8, 4) is 0 Å². The van der Waals surface area contributed by atoms with Crippen molar-refractivity contribution in [1.29, 1.82) is 0 Å². The van der Waals surface area contributed by atoms with Crippen molar-refractivity contribution in [3.05, 3.63) is 36.5 Å². The van der Waals surface area contributed by atoms with Crippen LogP contribution in [0.1, 0.15) is 104 Å². The molecule has 0 aliphatic rings. The molecule has 0 aromatic carbocycles. The Labute approximate surface area is 235 Å². The Bertz CT molecular complexity index is 754. The number of esters is 2. The van der Waals surface area contributed by atoms with Crippen molar-refractivity contribution in [2.75, 3.05) is 26.4 Å². The molecule has 0 amide bonds. The number of phosphoric ester groups is 1. The molecule has 10 heteroatoms. The van der Waals surface area contributed by atoms with Crippen LogP contribution in [-0.4, -0.2) is 49.3 Å². The molecule has 0 spiro atoms. The average Bonchev–Trinajstić information content (AvgIpc) is 2.91. The highest BCUT2D eigenvalue weighted by atomic mass is 31.2. The largest absolute Gasteiger partial charge is 0.472 e. The van der Waals surface area contributed by atoms with Crippen LogP contribution in [0.2, 0.25) is 0 Å². The Morgan fingerprint density at radius 1 is 0.795 bits per heavy atom. The topological polar surface area (TPSA) is 134 Å². The molecule has 39 heavy (non-hydrogen) atoms. The number of hydrogen-bond acceptors (Lipinski definition) is 8. The molecule has 9 nitrogen and oxygen atoms in total. The van der Waals surface area contributed by atoms with E-state index in [9.17, 15) is 19.0 Å². The number of carbonyl (C=O) groups excluding carboxylic acids is 2. The highest BCUT2D eigenvalue weighted by Crippen LogP contribution is 2.43. The van der Waals surface area contributed by atoms with Crippen LogP contribution in [0.3, 0.4) is 0 Å². The van der Waals surface area contributed by atoms with E-state index in [1.54, 1.807) is 0 Å². The van der Waals surface area contributed by atoms with E-state index in [0.717, 1.165) is 44.9 Å². The van der Waals surface area contributed by atoms with Gasteiger partial charge in [0.05, 0.1) is 13.2 Å². The first-order valence-corrected chi connectivity index (χ1v) is 16.0. The lowest BCUT2D eigenvalue weighted by Crippen LogP contribution is -2.29. The fourth-order valence-corrected chi connectivity index (χ4v) is 4.21. The molecule has 0 fully saturated rings. The third kappa shape index (κ3) is 26.2. The maximum Gasteiger partial charge on any atom is 0.472 e. The highest BCUT2D eigenvalue weighted by molar-refractivity contribution is 7.47. The molecule has 0 radical (unpaired) electrons. The van der Waals surface area contributed by atoms with E-state index in [-0.39, 0.29) is 32.6 Å². The first kappa shape index (κ1) is 37.2. The number of carbonyl (C=O) groups is 2. The van der Waals surface area contributed by atoms with Crippen molar-refractivity contribution >= 4 is 19.8 Å². The third-order valence-corrected chi connectivity index (χ3v) is 6.49. The first-order chi connectivity index (χ1) is 18.8. The van der Waals surface area contributed by atoms with Gasteiger partial charge in [-0.05, 0) is 44.9 Å². The Hall–Kier alpha value is -1.77. The smallest absolute Gasteiger partial charge is 0.462 e. The summed E-state index contributed by atoms with van der Waals surface area (Å²) in [6.45, 7) is 3.17. The molecule has 0 saturated heterocycles. The molecule has 0 aromatic heterocycles. The van der Waals surface area contributed by atoms with Crippen molar-refractivity contribution in [1.82, 2.24) is 0 Å². The second kappa shape index (κ2) is 26.5. The van der Waals surface area contributed by atoms with Gasteiger partial charge in [-0.2, -0.15) is 0 Å². The molecule has 2 unspecified atom stereocenters. The second-order valence-corrected chi connectivity index (χ2v) is 10.7. The fourth-order valence-electron chi connectivity index (χ4n) is 3.45. The third-order valence-electron chi connectivity index (χ3n) is 5.51. The second-order valence-electron chi connectivity index (χ2n) is 9.24. The van der Waals surface area contributed by atoms with Gasteiger partial charge in [-0.1, -0.05) is 82.4 Å².